The molecule has 0 heterocycles. The topological polar surface area (TPSA) is 66.4 Å². The van der Waals surface area contributed by atoms with E-state index in [4.69, 9.17) is 4.55 Å². The third-order valence-corrected chi connectivity index (χ3v) is 3.37. The highest BCUT2D eigenvalue weighted by Crippen LogP contribution is 2.15. The van der Waals surface area contributed by atoms with Gasteiger partial charge in [-0.1, -0.05) is 37.3 Å². The SMILES string of the molecule is CC[C@@H](NCC(F)CS(=O)(=O)O)c1ccccc1. The zero-order chi connectivity index (χ0) is 13.6. The first-order valence-electron chi connectivity index (χ1n) is 5.80. The number of rotatable bonds is 7. The minimum atomic E-state index is -4.26. The van der Waals surface area contributed by atoms with Gasteiger partial charge in [0, 0.05) is 12.6 Å². The average Bonchev–Trinajstić information content (AvgIpc) is 2.29. The van der Waals surface area contributed by atoms with E-state index in [1.54, 1.807) is 0 Å². The van der Waals surface area contributed by atoms with Crippen LogP contribution in [0.2, 0.25) is 0 Å². The van der Waals surface area contributed by atoms with Crippen molar-refractivity contribution in [2.24, 2.45) is 0 Å². The molecule has 0 fully saturated rings. The normalized spacial score (nSPS) is 15.3. The van der Waals surface area contributed by atoms with Crippen LogP contribution in [-0.2, 0) is 10.1 Å². The van der Waals surface area contributed by atoms with Crippen LogP contribution in [0.15, 0.2) is 30.3 Å². The van der Waals surface area contributed by atoms with Gasteiger partial charge in [0.15, 0.2) is 0 Å². The fraction of sp³-hybridized carbons (Fsp3) is 0.500. The molecule has 0 saturated carbocycles. The summed E-state index contributed by atoms with van der Waals surface area (Å²) in [7, 11) is -4.26. The van der Waals surface area contributed by atoms with Crippen LogP contribution >= 0.6 is 0 Å². The van der Waals surface area contributed by atoms with Crippen molar-refractivity contribution >= 4 is 10.1 Å². The molecule has 0 spiro atoms. The van der Waals surface area contributed by atoms with Crippen LogP contribution in [0.5, 0.6) is 0 Å². The molecule has 2 atom stereocenters. The molecule has 0 saturated heterocycles. The molecule has 0 aliphatic carbocycles. The van der Waals surface area contributed by atoms with Crippen molar-refractivity contribution in [1.82, 2.24) is 5.32 Å². The van der Waals surface area contributed by atoms with Crippen molar-refractivity contribution in [3.8, 4) is 0 Å². The number of hydrogen-bond acceptors (Lipinski definition) is 3. The van der Waals surface area contributed by atoms with E-state index in [0.29, 0.717) is 0 Å². The van der Waals surface area contributed by atoms with Gasteiger partial charge in [-0.05, 0) is 12.0 Å². The van der Waals surface area contributed by atoms with Gasteiger partial charge in [0.05, 0.1) is 0 Å². The number of hydrogen-bond donors (Lipinski definition) is 2. The predicted molar refractivity (Wildman–Crippen MR) is 68.8 cm³/mol. The van der Waals surface area contributed by atoms with Crippen molar-refractivity contribution in [3.63, 3.8) is 0 Å². The Kier molecular flexibility index (Phi) is 5.71. The second-order valence-electron chi connectivity index (χ2n) is 4.13. The Labute approximate surface area is 107 Å². The lowest BCUT2D eigenvalue weighted by Gasteiger charge is -2.18. The van der Waals surface area contributed by atoms with Crippen LogP contribution in [0, 0.1) is 0 Å². The minimum Gasteiger partial charge on any atom is -0.307 e. The number of nitrogens with one attached hydrogen (secondary N) is 1. The molecule has 18 heavy (non-hydrogen) atoms. The summed E-state index contributed by atoms with van der Waals surface area (Å²) >= 11 is 0. The highest BCUT2D eigenvalue weighted by Gasteiger charge is 2.17. The number of halogens is 1. The Morgan fingerprint density at radius 1 is 1.33 bits per heavy atom. The van der Waals surface area contributed by atoms with Crippen molar-refractivity contribution in [2.75, 3.05) is 12.3 Å². The third-order valence-electron chi connectivity index (χ3n) is 2.59. The number of alkyl halides is 1. The molecule has 1 aromatic carbocycles. The summed E-state index contributed by atoms with van der Waals surface area (Å²) in [5.41, 5.74) is 1.03. The lowest BCUT2D eigenvalue weighted by atomic mass is 10.0. The molecule has 6 heteroatoms. The van der Waals surface area contributed by atoms with Crippen molar-refractivity contribution in [3.05, 3.63) is 35.9 Å². The quantitative estimate of drug-likeness (QED) is 0.746. The van der Waals surface area contributed by atoms with Crippen molar-refractivity contribution in [1.29, 1.82) is 0 Å². The summed E-state index contributed by atoms with van der Waals surface area (Å²) < 4.78 is 42.9. The molecule has 1 aromatic rings. The van der Waals surface area contributed by atoms with Gasteiger partial charge in [-0.2, -0.15) is 8.42 Å². The van der Waals surface area contributed by atoms with E-state index >= 15 is 0 Å². The summed E-state index contributed by atoms with van der Waals surface area (Å²) in [6.07, 6.45) is -0.847. The highest BCUT2D eigenvalue weighted by molar-refractivity contribution is 7.85. The predicted octanol–water partition coefficient (Wildman–Crippen LogP) is 1.95. The zero-order valence-electron chi connectivity index (χ0n) is 10.2. The van der Waals surface area contributed by atoms with E-state index in [1.807, 2.05) is 37.3 Å². The Hall–Kier alpha value is -0.980. The van der Waals surface area contributed by atoms with Crippen LogP contribution < -0.4 is 5.32 Å². The second-order valence-corrected chi connectivity index (χ2v) is 5.62. The molecule has 0 radical (unpaired) electrons. The largest absolute Gasteiger partial charge is 0.307 e. The van der Waals surface area contributed by atoms with Gasteiger partial charge in [-0.15, -0.1) is 0 Å². The smallest absolute Gasteiger partial charge is 0.267 e. The van der Waals surface area contributed by atoms with Crippen LogP contribution in [0.3, 0.4) is 0 Å². The van der Waals surface area contributed by atoms with E-state index in [2.05, 4.69) is 5.32 Å². The summed E-state index contributed by atoms with van der Waals surface area (Å²) in [6, 6.07) is 9.52. The van der Waals surface area contributed by atoms with E-state index in [9.17, 15) is 12.8 Å². The van der Waals surface area contributed by atoms with Crippen LogP contribution in [-0.4, -0.2) is 31.4 Å². The third kappa shape index (κ3) is 5.57. The zero-order valence-corrected chi connectivity index (χ0v) is 11.0. The first kappa shape index (κ1) is 15.1. The molecule has 0 aromatic heterocycles. The van der Waals surface area contributed by atoms with Gasteiger partial charge in [0.25, 0.3) is 10.1 Å². The Balaban J connectivity index is 2.51. The minimum absolute atomic E-state index is 0.0224. The first-order valence-corrected chi connectivity index (χ1v) is 7.41. The molecule has 2 N–H and O–H groups in total. The van der Waals surface area contributed by atoms with Crippen molar-refractivity contribution < 1.29 is 17.4 Å². The van der Waals surface area contributed by atoms with E-state index < -0.39 is 22.0 Å². The van der Waals surface area contributed by atoms with E-state index in [1.165, 1.54) is 0 Å². The Morgan fingerprint density at radius 3 is 2.44 bits per heavy atom. The lowest BCUT2D eigenvalue weighted by molar-refractivity contribution is 0.322. The standard InChI is InChI=1S/C12H18FNO3S/c1-2-12(10-6-4-3-5-7-10)14-8-11(13)9-18(15,16)17/h3-7,11-12,14H,2,8-9H2,1H3,(H,15,16,17)/t11?,12-/m1/s1. The maximum atomic E-state index is 13.3. The summed E-state index contributed by atoms with van der Waals surface area (Å²) in [5, 5.41) is 2.96. The maximum absolute atomic E-state index is 13.3. The molecule has 102 valence electrons. The maximum Gasteiger partial charge on any atom is 0.267 e. The van der Waals surface area contributed by atoms with Crippen LogP contribution in [0.4, 0.5) is 4.39 Å². The molecular weight excluding hydrogens is 257 g/mol. The summed E-state index contributed by atoms with van der Waals surface area (Å²) in [4.78, 5) is 0. The van der Waals surface area contributed by atoms with Crippen LogP contribution in [0.1, 0.15) is 24.9 Å². The molecule has 0 aliphatic rings. The first-order chi connectivity index (χ1) is 8.42. The van der Waals surface area contributed by atoms with Gasteiger partial charge in [-0.3, -0.25) is 4.55 Å². The summed E-state index contributed by atoms with van der Waals surface area (Å²) in [5.74, 6) is -0.870. The van der Waals surface area contributed by atoms with Gasteiger partial charge >= 0.3 is 0 Å². The van der Waals surface area contributed by atoms with Gasteiger partial charge in [0.1, 0.15) is 11.9 Å². The second kappa shape index (κ2) is 6.82. The van der Waals surface area contributed by atoms with Crippen molar-refractivity contribution in [2.45, 2.75) is 25.6 Å². The Morgan fingerprint density at radius 2 is 1.94 bits per heavy atom. The molecular formula is C12H18FNO3S. The monoisotopic (exact) mass is 275 g/mol. The summed E-state index contributed by atoms with van der Waals surface area (Å²) in [6.45, 7) is 1.86. The average molecular weight is 275 g/mol. The van der Waals surface area contributed by atoms with Crippen LogP contribution in [0.25, 0.3) is 0 Å². The fourth-order valence-electron chi connectivity index (χ4n) is 1.74. The number of benzene rings is 1. The Bertz CT molecular complexity index is 450. The molecule has 4 nitrogen and oxygen atoms in total. The molecule has 1 unspecified atom stereocenters. The highest BCUT2D eigenvalue weighted by atomic mass is 32.2. The van der Waals surface area contributed by atoms with E-state index in [0.717, 1.165) is 12.0 Å². The van der Waals surface area contributed by atoms with Gasteiger partial charge < -0.3 is 5.32 Å². The molecule has 0 amide bonds. The molecule has 0 aliphatic heterocycles. The molecule has 1 rings (SSSR count). The fourth-order valence-corrected chi connectivity index (χ4v) is 2.32. The van der Waals surface area contributed by atoms with E-state index in [-0.39, 0.29) is 12.6 Å². The van der Waals surface area contributed by atoms with Gasteiger partial charge in [0.2, 0.25) is 0 Å². The molecule has 0 bridgehead atoms. The van der Waals surface area contributed by atoms with Gasteiger partial charge in [-0.25, -0.2) is 4.39 Å². The lowest BCUT2D eigenvalue weighted by Crippen LogP contribution is -2.32.